The van der Waals surface area contributed by atoms with Crippen molar-refractivity contribution >= 4 is 5.97 Å². The summed E-state index contributed by atoms with van der Waals surface area (Å²) in [4.78, 5) is 11.6. The number of rotatable bonds is 14. The van der Waals surface area contributed by atoms with E-state index < -0.39 is 12.6 Å². The Balaban J connectivity index is 1.32. The van der Waals surface area contributed by atoms with Gasteiger partial charge < -0.3 is 14.6 Å². The first-order valence-corrected chi connectivity index (χ1v) is 15.4. The van der Waals surface area contributed by atoms with Gasteiger partial charge in [0.25, 0.3) is 0 Å². The molecule has 1 fully saturated rings. The number of carbonyl (C=O) groups excluding carboxylic acids is 1. The van der Waals surface area contributed by atoms with Crippen LogP contribution in [0.3, 0.4) is 0 Å². The summed E-state index contributed by atoms with van der Waals surface area (Å²) >= 11 is 0. The van der Waals surface area contributed by atoms with Gasteiger partial charge in [-0.2, -0.15) is 0 Å². The van der Waals surface area contributed by atoms with E-state index in [1.807, 2.05) is 6.07 Å². The van der Waals surface area contributed by atoms with Gasteiger partial charge in [0, 0.05) is 0 Å². The van der Waals surface area contributed by atoms with E-state index in [1.54, 1.807) is 0 Å². The van der Waals surface area contributed by atoms with Crippen LogP contribution < -0.4 is 4.74 Å². The Kier molecular flexibility index (Phi) is 11.6. The zero-order valence-corrected chi connectivity index (χ0v) is 24.9. The fraction of sp³-hybridized carbons (Fsp3) is 0.432. The molecule has 218 valence electrons. The van der Waals surface area contributed by atoms with Crippen molar-refractivity contribution in [2.24, 2.45) is 5.92 Å². The molecule has 0 radical (unpaired) electrons. The molecule has 1 aliphatic carbocycles. The third-order valence-electron chi connectivity index (χ3n) is 8.50. The predicted molar refractivity (Wildman–Crippen MR) is 168 cm³/mol. The Bertz CT molecular complexity index is 1250. The third kappa shape index (κ3) is 8.56. The lowest BCUT2D eigenvalue weighted by molar-refractivity contribution is -0.140. The molecule has 0 aliphatic heterocycles. The van der Waals surface area contributed by atoms with Gasteiger partial charge in [-0.3, -0.25) is 0 Å². The molecule has 0 aromatic heterocycles. The van der Waals surface area contributed by atoms with Crippen LogP contribution in [0.5, 0.6) is 5.75 Å². The maximum atomic E-state index is 11.6. The predicted octanol–water partition coefficient (Wildman–Crippen LogP) is 8.91. The lowest BCUT2D eigenvalue weighted by Gasteiger charge is -2.29. The quantitative estimate of drug-likeness (QED) is 0.123. The smallest absolute Gasteiger partial charge is 0.335 e. The van der Waals surface area contributed by atoms with Crippen LogP contribution >= 0.6 is 0 Å². The highest BCUT2D eigenvalue weighted by molar-refractivity contribution is 5.87. The van der Waals surface area contributed by atoms with E-state index in [1.165, 1.54) is 84.7 Å². The first-order valence-electron chi connectivity index (χ1n) is 15.4. The second-order valence-corrected chi connectivity index (χ2v) is 11.3. The van der Waals surface area contributed by atoms with Crippen LogP contribution in [-0.2, 0) is 16.0 Å². The summed E-state index contributed by atoms with van der Waals surface area (Å²) in [5.74, 6) is 1.80. The zero-order chi connectivity index (χ0) is 29.0. The molecule has 4 rings (SSSR count). The highest BCUT2D eigenvalue weighted by atomic mass is 16.6. The highest BCUT2D eigenvalue weighted by Crippen LogP contribution is 2.38. The second kappa shape index (κ2) is 15.6. The minimum absolute atomic E-state index is 0.0381. The average Bonchev–Trinajstić information content (AvgIpc) is 3.03. The molecule has 1 N–H and O–H groups in total. The van der Waals surface area contributed by atoms with Gasteiger partial charge in [0.05, 0.1) is 12.2 Å². The van der Waals surface area contributed by atoms with E-state index in [4.69, 9.17) is 14.6 Å². The van der Waals surface area contributed by atoms with Gasteiger partial charge in [0.15, 0.2) is 0 Å². The fourth-order valence-electron chi connectivity index (χ4n) is 5.95. The summed E-state index contributed by atoms with van der Waals surface area (Å²) in [6, 6.07) is 24.2. The van der Waals surface area contributed by atoms with Crippen molar-refractivity contribution in [2.75, 3.05) is 19.8 Å². The van der Waals surface area contributed by atoms with Gasteiger partial charge in [-0.05, 0) is 89.5 Å². The van der Waals surface area contributed by atoms with Gasteiger partial charge in [-0.1, -0.05) is 101 Å². The molecule has 4 nitrogen and oxygen atoms in total. The topological polar surface area (TPSA) is 55.8 Å². The van der Waals surface area contributed by atoms with Gasteiger partial charge in [-0.25, -0.2) is 4.79 Å². The monoisotopic (exact) mass is 554 g/mol. The van der Waals surface area contributed by atoms with Crippen LogP contribution in [0.15, 0.2) is 78.9 Å². The Morgan fingerprint density at radius 2 is 1.51 bits per heavy atom. The largest absolute Gasteiger partial charge is 0.490 e. The van der Waals surface area contributed by atoms with Crippen molar-refractivity contribution in [1.82, 2.24) is 0 Å². The van der Waals surface area contributed by atoms with Crippen molar-refractivity contribution in [3.63, 3.8) is 0 Å². The van der Waals surface area contributed by atoms with Crippen LogP contribution in [0.4, 0.5) is 0 Å². The van der Waals surface area contributed by atoms with Crippen molar-refractivity contribution in [3.05, 3.63) is 90.0 Å². The Labute approximate surface area is 246 Å². The molecule has 41 heavy (non-hydrogen) atoms. The molecular weight excluding hydrogens is 508 g/mol. The average molecular weight is 555 g/mol. The number of benzene rings is 3. The molecular formula is C37H46O4. The Hall–Kier alpha value is -3.37. The number of esters is 1. The molecule has 0 bridgehead atoms. The molecule has 3 aromatic carbocycles. The standard InChI is InChI=1S/C37H46O4/c1-4-6-7-8-28-9-11-30(12-10-28)31-13-15-32(16-14-31)33-17-19-34(20-18-33)36-22-21-35(25-29(36)5-2)40-23-24-41-37(39)27(3)26-38/h13-22,25,28,30,38H,3-12,23-24,26H2,1-2H3. The van der Waals surface area contributed by atoms with Crippen LogP contribution in [0.1, 0.15) is 82.3 Å². The van der Waals surface area contributed by atoms with E-state index >= 15 is 0 Å². The molecule has 0 spiro atoms. The molecule has 1 aliphatic rings. The fourth-order valence-corrected chi connectivity index (χ4v) is 5.95. The number of aliphatic hydroxyl groups excluding tert-OH is 1. The summed E-state index contributed by atoms with van der Waals surface area (Å²) < 4.78 is 10.8. The molecule has 0 saturated heterocycles. The lowest BCUT2D eigenvalue weighted by Crippen LogP contribution is -2.15. The van der Waals surface area contributed by atoms with Crippen molar-refractivity contribution in [1.29, 1.82) is 0 Å². The SMILES string of the molecule is C=C(CO)C(=O)OCCOc1ccc(-c2ccc(-c3ccc(C4CCC(CCCCC)CC4)cc3)cc2)c(CC)c1. The number of ether oxygens (including phenoxy) is 2. The Morgan fingerprint density at radius 3 is 2.15 bits per heavy atom. The van der Waals surface area contributed by atoms with Gasteiger partial charge >= 0.3 is 5.97 Å². The summed E-state index contributed by atoms with van der Waals surface area (Å²) in [6.45, 7) is 7.82. The summed E-state index contributed by atoms with van der Waals surface area (Å²) in [5.41, 5.74) is 7.61. The van der Waals surface area contributed by atoms with Crippen LogP contribution in [0.25, 0.3) is 22.3 Å². The van der Waals surface area contributed by atoms with Crippen LogP contribution in [0.2, 0.25) is 0 Å². The van der Waals surface area contributed by atoms with Crippen molar-refractivity contribution in [3.8, 4) is 28.0 Å². The van der Waals surface area contributed by atoms with E-state index in [-0.39, 0.29) is 18.8 Å². The molecule has 4 heteroatoms. The van der Waals surface area contributed by atoms with Crippen molar-refractivity contribution in [2.45, 2.75) is 77.6 Å². The van der Waals surface area contributed by atoms with Gasteiger partial charge in [-0.15, -0.1) is 0 Å². The van der Waals surface area contributed by atoms with E-state index in [2.05, 4.69) is 81.1 Å². The third-order valence-corrected chi connectivity index (χ3v) is 8.50. The number of aryl methyl sites for hydroxylation is 1. The van der Waals surface area contributed by atoms with Crippen LogP contribution in [0, 0.1) is 5.92 Å². The van der Waals surface area contributed by atoms with Crippen LogP contribution in [-0.4, -0.2) is 30.9 Å². The molecule has 3 aromatic rings. The first kappa shape index (κ1) is 30.6. The number of hydrogen-bond donors (Lipinski definition) is 1. The molecule has 1 saturated carbocycles. The number of aliphatic hydroxyl groups is 1. The zero-order valence-electron chi connectivity index (χ0n) is 24.9. The minimum atomic E-state index is -0.601. The number of hydrogen-bond acceptors (Lipinski definition) is 4. The van der Waals surface area contributed by atoms with E-state index in [0.29, 0.717) is 0 Å². The maximum Gasteiger partial charge on any atom is 0.335 e. The number of carbonyl (C=O) groups is 1. The van der Waals surface area contributed by atoms with E-state index in [9.17, 15) is 4.79 Å². The van der Waals surface area contributed by atoms with Gasteiger partial charge in [0.2, 0.25) is 0 Å². The minimum Gasteiger partial charge on any atom is -0.490 e. The Morgan fingerprint density at radius 1 is 0.854 bits per heavy atom. The molecule has 0 heterocycles. The van der Waals surface area contributed by atoms with E-state index in [0.717, 1.165) is 24.0 Å². The van der Waals surface area contributed by atoms with Crippen molar-refractivity contribution < 1.29 is 19.4 Å². The first-order chi connectivity index (χ1) is 20.0. The number of unbranched alkanes of at least 4 members (excludes halogenated alkanes) is 2. The maximum absolute atomic E-state index is 11.6. The highest BCUT2D eigenvalue weighted by Gasteiger charge is 2.22. The summed E-state index contributed by atoms with van der Waals surface area (Å²) in [7, 11) is 0. The normalized spacial score (nSPS) is 16.8. The lowest BCUT2D eigenvalue weighted by atomic mass is 9.77. The molecule has 0 amide bonds. The second-order valence-electron chi connectivity index (χ2n) is 11.3. The molecule has 0 atom stereocenters. The van der Waals surface area contributed by atoms with Gasteiger partial charge in [0.1, 0.15) is 19.0 Å². The summed E-state index contributed by atoms with van der Waals surface area (Å²) in [6.07, 6.45) is 11.9. The summed E-state index contributed by atoms with van der Waals surface area (Å²) in [5, 5.41) is 8.94. The molecule has 0 unspecified atom stereocenters.